The van der Waals surface area contributed by atoms with E-state index in [-0.39, 0.29) is 0 Å². The lowest BCUT2D eigenvalue weighted by molar-refractivity contribution is 0.184. The maximum Gasteiger partial charge on any atom is 0.0736 e. The highest BCUT2D eigenvalue weighted by molar-refractivity contribution is 5.55. The number of anilines is 1. The minimum atomic E-state index is 0.612. The molecule has 0 saturated carbocycles. The molecule has 0 aliphatic carbocycles. The molecule has 0 aliphatic heterocycles. The zero-order valence-corrected chi connectivity index (χ0v) is 9.08. The number of methoxy groups -OCH3 is 1. The maximum atomic E-state index is 5.75. The number of hydrogen-bond donors (Lipinski definition) is 1. The van der Waals surface area contributed by atoms with Crippen LogP contribution in [0.4, 0.5) is 5.69 Å². The number of hydrogen-bond acceptors (Lipinski definition) is 3. The Labute approximate surface area is 85.4 Å². The van der Waals surface area contributed by atoms with Crippen LogP contribution in [0.2, 0.25) is 0 Å². The van der Waals surface area contributed by atoms with Crippen molar-refractivity contribution in [2.24, 2.45) is 5.84 Å². The molecular weight excluding hydrogens is 176 g/mol. The molecule has 1 rings (SSSR count). The normalized spacial score (nSPS) is 10.3. The zero-order valence-electron chi connectivity index (χ0n) is 9.08. The van der Waals surface area contributed by atoms with Crippen LogP contribution in [0.3, 0.4) is 0 Å². The Morgan fingerprint density at radius 2 is 2.14 bits per heavy atom. The molecular formula is C11H18N2O. The average Bonchev–Trinajstić information content (AvgIpc) is 2.18. The van der Waals surface area contributed by atoms with Gasteiger partial charge < -0.3 is 9.75 Å². The number of aryl methyl sites for hydroxylation is 1. The van der Waals surface area contributed by atoms with Crippen LogP contribution in [-0.4, -0.2) is 14.2 Å². The van der Waals surface area contributed by atoms with Gasteiger partial charge in [-0.15, -0.1) is 0 Å². The highest BCUT2D eigenvalue weighted by Crippen LogP contribution is 2.22. The van der Waals surface area contributed by atoms with Gasteiger partial charge in [0.05, 0.1) is 12.3 Å². The van der Waals surface area contributed by atoms with E-state index in [4.69, 9.17) is 10.6 Å². The first kappa shape index (κ1) is 11.0. The first-order valence-electron chi connectivity index (χ1n) is 4.78. The van der Waals surface area contributed by atoms with Crippen molar-refractivity contribution in [3.05, 3.63) is 29.3 Å². The molecule has 78 valence electrons. The van der Waals surface area contributed by atoms with Crippen molar-refractivity contribution in [1.29, 1.82) is 0 Å². The predicted molar refractivity (Wildman–Crippen MR) is 59.1 cm³/mol. The Kier molecular flexibility index (Phi) is 3.92. The number of benzene rings is 1. The molecule has 1 aromatic rings. The van der Waals surface area contributed by atoms with Crippen LogP contribution in [0.15, 0.2) is 18.2 Å². The Morgan fingerprint density at radius 1 is 1.43 bits per heavy atom. The number of hydrazine groups is 1. The van der Waals surface area contributed by atoms with Gasteiger partial charge in [0.15, 0.2) is 0 Å². The van der Waals surface area contributed by atoms with E-state index in [2.05, 4.69) is 13.0 Å². The average molecular weight is 194 g/mol. The first-order valence-corrected chi connectivity index (χ1v) is 4.78. The van der Waals surface area contributed by atoms with Crippen LogP contribution in [0.25, 0.3) is 0 Å². The third-order valence-electron chi connectivity index (χ3n) is 2.30. The molecule has 0 aromatic heterocycles. The minimum absolute atomic E-state index is 0.612. The number of nitrogens with zero attached hydrogens (tertiary/aromatic N) is 1. The van der Waals surface area contributed by atoms with Crippen LogP contribution in [0.5, 0.6) is 0 Å². The van der Waals surface area contributed by atoms with Crippen molar-refractivity contribution in [1.82, 2.24) is 0 Å². The summed E-state index contributed by atoms with van der Waals surface area (Å²) in [5.74, 6) is 5.75. The van der Waals surface area contributed by atoms with E-state index in [1.165, 1.54) is 11.1 Å². The van der Waals surface area contributed by atoms with Gasteiger partial charge in [0.2, 0.25) is 0 Å². The van der Waals surface area contributed by atoms with Gasteiger partial charge in [-0.25, -0.2) is 5.84 Å². The molecule has 0 unspecified atom stereocenters. The second-order valence-corrected chi connectivity index (χ2v) is 3.31. The third-order valence-corrected chi connectivity index (χ3v) is 2.30. The van der Waals surface area contributed by atoms with Gasteiger partial charge in [0.25, 0.3) is 0 Å². The van der Waals surface area contributed by atoms with Gasteiger partial charge in [-0.3, -0.25) is 0 Å². The van der Waals surface area contributed by atoms with Gasteiger partial charge in [0.1, 0.15) is 0 Å². The maximum absolute atomic E-state index is 5.75. The van der Waals surface area contributed by atoms with Crippen molar-refractivity contribution in [2.45, 2.75) is 20.0 Å². The molecule has 1 aromatic carbocycles. The smallest absolute Gasteiger partial charge is 0.0736 e. The Hall–Kier alpha value is -1.06. The van der Waals surface area contributed by atoms with Crippen LogP contribution in [0, 0.1) is 0 Å². The third kappa shape index (κ3) is 2.25. The number of rotatable bonds is 4. The van der Waals surface area contributed by atoms with Gasteiger partial charge >= 0.3 is 0 Å². The second-order valence-electron chi connectivity index (χ2n) is 3.31. The molecule has 0 spiro atoms. The minimum Gasteiger partial charge on any atom is -0.380 e. The fraction of sp³-hybridized carbons (Fsp3) is 0.455. The summed E-state index contributed by atoms with van der Waals surface area (Å²) in [6.07, 6.45) is 1.00. The molecule has 0 bridgehead atoms. The summed E-state index contributed by atoms with van der Waals surface area (Å²) >= 11 is 0. The molecule has 3 nitrogen and oxygen atoms in total. The van der Waals surface area contributed by atoms with Crippen molar-refractivity contribution in [2.75, 3.05) is 19.2 Å². The molecule has 0 amide bonds. The monoisotopic (exact) mass is 194 g/mol. The molecule has 0 radical (unpaired) electrons. The molecule has 0 atom stereocenters. The highest BCUT2D eigenvalue weighted by atomic mass is 16.5. The summed E-state index contributed by atoms with van der Waals surface area (Å²) in [7, 11) is 3.54. The molecule has 3 heteroatoms. The molecule has 14 heavy (non-hydrogen) atoms. The summed E-state index contributed by atoms with van der Waals surface area (Å²) < 4.78 is 5.18. The number of ether oxygens (including phenoxy) is 1. The van der Waals surface area contributed by atoms with Crippen LogP contribution in [-0.2, 0) is 17.8 Å². The summed E-state index contributed by atoms with van der Waals surface area (Å²) in [6, 6.07) is 6.14. The summed E-state index contributed by atoms with van der Waals surface area (Å²) in [5.41, 5.74) is 3.51. The lowest BCUT2D eigenvalue weighted by Crippen LogP contribution is -2.26. The largest absolute Gasteiger partial charge is 0.380 e. The van der Waals surface area contributed by atoms with Gasteiger partial charge in [-0.2, -0.15) is 0 Å². The number of nitrogens with two attached hydrogens (primary N) is 1. The Morgan fingerprint density at radius 3 is 2.64 bits per heavy atom. The second kappa shape index (κ2) is 4.98. The Bertz CT molecular complexity index is 297. The summed E-state index contributed by atoms with van der Waals surface area (Å²) in [5, 5.41) is 1.63. The van der Waals surface area contributed by atoms with Crippen LogP contribution < -0.4 is 10.9 Å². The predicted octanol–water partition coefficient (Wildman–Crippen LogP) is 1.71. The fourth-order valence-corrected chi connectivity index (χ4v) is 1.59. The van der Waals surface area contributed by atoms with E-state index >= 15 is 0 Å². The summed E-state index contributed by atoms with van der Waals surface area (Å²) in [6.45, 7) is 2.75. The summed E-state index contributed by atoms with van der Waals surface area (Å²) in [4.78, 5) is 0. The van der Waals surface area contributed by atoms with Crippen molar-refractivity contribution in [3.8, 4) is 0 Å². The van der Waals surface area contributed by atoms with Crippen molar-refractivity contribution >= 4 is 5.69 Å². The molecule has 0 saturated heterocycles. The Balaban J connectivity index is 3.13. The topological polar surface area (TPSA) is 38.5 Å². The quantitative estimate of drug-likeness (QED) is 0.585. The molecule has 0 aliphatic rings. The van der Waals surface area contributed by atoms with E-state index in [9.17, 15) is 0 Å². The molecule has 2 N–H and O–H groups in total. The van der Waals surface area contributed by atoms with Crippen LogP contribution in [0.1, 0.15) is 18.1 Å². The van der Waals surface area contributed by atoms with Gasteiger partial charge in [-0.05, 0) is 18.1 Å². The van der Waals surface area contributed by atoms with E-state index < -0.39 is 0 Å². The van der Waals surface area contributed by atoms with Gasteiger partial charge in [0, 0.05) is 19.7 Å². The lowest BCUT2D eigenvalue weighted by atomic mass is 10.0. The van der Waals surface area contributed by atoms with E-state index in [1.807, 2.05) is 19.2 Å². The highest BCUT2D eigenvalue weighted by Gasteiger charge is 2.08. The fourth-order valence-electron chi connectivity index (χ4n) is 1.59. The van der Waals surface area contributed by atoms with E-state index in [0.717, 1.165) is 12.1 Å². The first-order chi connectivity index (χ1) is 6.70. The SMILES string of the molecule is CCc1cccc(N(C)N)c1COC. The van der Waals surface area contributed by atoms with Crippen molar-refractivity contribution < 1.29 is 4.74 Å². The van der Waals surface area contributed by atoms with E-state index in [0.29, 0.717) is 6.61 Å². The standard InChI is InChI=1S/C11H18N2O/c1-4-9-6-5-7-11(13(2)12)10(9)8-14-3/h5-7H,4,8,12H2,1-3H3. The van der Waals surface area contributed by atoms with Crippen molar-refractivity contribution in [3.63, 3.8) is 0 Å². The van der Waals surface area contributed by atoms with E-state index in [1.54, 1.807) is 12.1 Å². The lowest BCUT2D eigenvalue weighted by Gasteiger charge is -2.19. The zero-order chi connectivity index (χ0) is 10.6. The van der Waals surface area contributed by atoms with Gasteiger partial charge in [-0.1, -0.05) is 19.1 Å². The molecule has 0 heterocycles. The molecule has 0 fully saturated rings. The van der Waals surface area contributed by atoms with Crippen LogP contribution >= 0.6 is 0 Å².